The quantitative estimate of drug-likeness (QED) is 0.905. The molecule has 3 heterocycles. The van der Waals surface area contributed by atoms with Gasteiger partial charge in [-0.2, -0.15) is 0 Å². The highest BCUT2D eigenvalue weighted by Crippen LogP contribution is 2.29. The van der Waals surface area contributed by atoms with Gasteiger partial charge in [-0.1, -0.05) is 6.92 Å². The molecule has 22 heavy (non-hydrogen) atoms. The third-order valence-corrected chi connectivity index (χ3v) is 5.11. The van der Waals surface area contributed by atoms with E-state index in [-0.39, 0.29) is 18.3 Å². The maximum Gasteiger partial charge on any atom is 0.225 e. The molecule has 1 aromatic heterocycles. The lowest BCUT2D eigenvalue weighted by molar-refractivity contribution is -0.139. The molecular formula is C16H27ClN4O. The minimum atomic E-state index is 0. The molecule has 4 atom stereocenters. The van der Waals surface area contributed by atoms with Crippen LogP contribution >= 0.6 is 12.4 Å². The first-order chi connectivity index (χ1) is 10.1. The Morgan fingerprint density at radius 2 is 2.14 bits per heavy atom. The molecule has 124 valence electrons. The average Bonchev–Trinajstić information content (AvgIpc) is 3.01. The molecule has 0 spiro atoms. The number of likely N-dealkylation sites (tertiary alicyclic amines) is 1. The van der Waals surface area contributed by atoms with Gasteiger partial charge in [0.2, 0.25) is 5.91 Å². The van der Waals surface area contributed by atoms with Crippen LogP contribution in [0, 0.1) is 11.8 Å². The van der Waals surface area contributed by atoms with Crippen LogP contribution in [0.3, 0.4) is 0 Å². The van der Waals surface area contributed by atoms with Crippen LogP contribution in [0.25, 0.3) is 0 Å². The van der Waals surface area contributed by atoms with Crippen molar-refractivity contribution in [2.75, 3.05) is 19.6 Å². The number of piperidine rings is 2. The Labute approximate surface area is 138 Å². The van der Waals surface area contributed by atoms with Crippen molar-refractivity contribution < 1.29 is 4.79 Å². The Morgan fingerprint density at radius 3 is 2.82 bits per heavy atom. The van der Waals surface area contributed by atoms with Crippen molar-refractivity contribution in [1.82, 2.24) is 19.8 Å². The van der Waals surface area contributed by atoms with E-state index in [9.17, 15) is 4.79 Å². The molecule has 1 N–H and O–H groups in total. The smallest absolute Gasteiger partial charge is 0.225 e. The van der Waals surface area contributed by atoms with Gasteiger partial charge in [0.1, 0.15) is 0 Å². The van der Waals surface area contributed by atoms with E-state index in [0.29, 0.717) is 23.9 Å². The summed E-state index contributed by atoms with van der Waals surface area (Å²) in [5.74, 6) is 1.16. The van der Waals surface area contributed by atoms with Crippen molar-refractivity contribution in [2.45, 2.75) is 45.2 Å². The summed E-state index contributed by atoms with van der Waals surface area (Å²) in [6.07, 6.45) is 8.74. The molecule has 2 aliphatic heterocycles. The van der Waals surface area contributed by atoms with Crippen molar-refractivity contribution in [3.05, 3.63) is 18.7 Å². The summed E-state index contributed by atoms with van der Waals surface area (Å²) in [5.41, 5.74) is 0. The molecule has 0 saturated carbocycles. The maximum absolute atomic E-state index is 12.8. The van der Waals surface area contributed by atoms with Gasteiger partial charge in [-0.05, 0) is 38.6 Å². The fourth-order valence-corrected chi connectivity index (χ4v) is 3.72. The summed E-state index contributed by atoms with van der Waals surface area (Å²) in [7, 11) is 0. The van der Waals surface area contributed by atoms with Crippen molar-refractivity contribution in [3.63, 3.8) is 0 Å². The molecule has 5 nitrogen and oxygen atoms in total. The van der Waals surface area contributed by atoms with Crippen LogP contribution in [0.4, 0.5) is 0 Å². The molecule has 2 fully saturated rings. The van der Waals surface area contributed by atoms with E-state index < -0.39 is 0 Å². The lowest BCUT2D eigenvalue weighted by Gasteiger charge is -2.40. The van der Waals surface area contributed by atoms with Crippen LogP contribution in [-0.4, -0.2) is 46.0 Å². The first kappa shape index (κ1) is 17.3. The fourth-order valence-electron chi connectivity index (χ4n) is 3.72. The first-order valence-corrected chi connectivity index (χ1v) is 8.14. The lowest BCUT2D eigenvalue weighted by atomic mass is 9.89. The van der Waals surface area contributed by atoms with Gasteiger partial charge in [-0.25, -0.2) is 4.98 Å². The highest BCUT2D eigenvalue weighted by atomic mass is 35.5. The summed E-state index contributed by atoms with van der Waals surface area (Å²) >= 11 is 0. The van der Waals surface area contributed by atoms with E-state index in [1.54, 1.807) is 0 Å². The Balaban J connectivity index is 0.00000176. The van der Waals surface area contributed by atoms with Gasteiger partial charge in [-0.3, -0.25) is 4.79 Å². The van der Waals surface area contributed by atoms with Crippen LogP contribution in [0.15, 0.2) is 18.7 Å². The first-order valence-electron chi connectivity index (χ1n) is 8.14. The monoisotopic (exact) mass is 326 g/mol. The third-order valence-electron chi connectivity index (χ3n) is 5.11. The summed E-state index contributed by atoms with van der Waals surface area (Å²) < 4.78 is 2.16. The number of hydrogen-bond donors (Lipinski definition) is 1. The van der Waals surface area contributed by atoms with E-state index in [1.807, 2.05) is 18.7 Å². The summed E-state index contributed by atoms with van der Waals surface area (Å²) in [6, 6.07) is 0.824. The van der Waals surface area contributed by atoms with Gasteiger partial charge >= 0.3 is 0 Å². The zero-order chi connectivity index (χ0) is 14.8. The van der Waals surface area contributed by atoms with E-state index in [1.165, 1.54) is 0 Å². The van der Waals surface area contributed by atoms with Gasteiger partial charge in [0.05, 0.1) is 12.4 Å². The number of carbonyl (C=O) groups is 1. The summed E-state index contributed by atoms with van der Waals surface area (Å²) in [6.45, 7) is 7.15. The molecule has 1 aromatic rings. The van der Waals surface area contributed by atoms with Crippen LogP contribution < -0.4 is 5.32 Å². The molecule has 2 aliphatic rings. The zero-order valence-corrected chi connectivity index (χ0v) is 14.3. The number of nitrogens with zero attached hydrogens (tertiary/aromatic N) is 3. The van der Waals surface area contributed by atoms with Crippen LogP contribution in [-0.2, 0) is 4.79 Å². The summed E-state index contributed by atoms with van der Waals surface area (Å²) in [5, 5.41) is 3.42. The Hall–Kier alpha value is -1.07. The van der Waals surface area contributed by atoms with Crippen molar-refractivity contribution in [3.8, 4) is 0 Å². The van der Waals surface area contributed by atoms with Gasteiger partial charge in [-0.15, -0.1) is 12.4 Å². The SMILES string of the molecule is CC1CCN(C(=O)[C@H]2CCN[C@@H](C)C2)CC1n1ccnc1.Cl. The van der Waals surface area contributed by atoms with Crippen LogP contribution in [0.1, 0.15) is 39.2 Å². The largest absolute Gasteiger partial charge is 0.340 e. The topological polar surface area (TPSA) is 50.2 Å². The second-order valence-electron chi connectivity index (χ2n) is 6.70. The molecule has 0 radical (unpaired) electrons. The highest BCUT2D eigenvalue weighted by molar-refractivity contribution is 5.85. The number of halogens is 1. The molecule has 2 saturated heterocycles. The number of carbonyl (C=O) groups excluding carboxylic acids is 1. The van der Waals surface area contributed by atoms with Gasteiger partial charge in [0.25, 0.3) is 0 Å². The molecule has 1 amide bonds. The molecule has 0 aliphatic carbocycles. The predicted octanol–water partition coefficient (Wildman–Crippen LogP) is 2.10. The fraction of sp³-hybridized carbons (Fsp3) is 0.750. The molecule has 0 aromatic carbocycles. The second-order valence-corrected chi connectivity index (χ2v) is 6.70. The second kappa shape index (κ2) is 7.47. The average molecular weight is 327 g/mol. The van der Waals surface area contributed by atoms with Gasteiger partial charge in [0, 0.05) is 37.4 Å². The Bertz CT molecular complexity index is 479. The summed E-state index contributed by atoms with van der Waals surface area (Å²) in [4.78, 5) is 19.0. The molecule has 0 bridgehead atoms. The highest BCUT2D eigenvalue weighted by Gasteiger charge is 2.34. The lowest BCUT2D eigenvalue weighted by Crippen LogP contribution is -2.49. The number of nitrogens with one attached hydrogen (secondary N) is 1. The normalized spacial score (nSPS) is 32.4. The number of imidazole rings is 1. The minimum Gasteiger partial charge on any atom is -0.340 e. The van der Waals surface area contributed by atoms with Crippen molar-refractivity contribution >= 4 is 18.3 Å². The Kier molecular flexibility index (Phi) is 5.87. The number of amides is 1. The van der Waals surface area contributed by atoms with E-state index >= 15 is 0 Å². The van der Waals surface area contributed by atoms with Crippen LogP contribution in [0.5, 0.6) is 0 Å². The zero-order valence-electron chi connectivity index (χ0n) is 13.4. The minimum absolute atomic E-state index is 0. The van der Waals surface area contributed by atoms with Gasteiger partial charge < -0.3 is 14.8 Å². The molecule has 2 unspecified atom stereocenters. The maximum atomic E-state index is 12.8. The van der Waals surface area contributed by atoms with E-state index in [2.05, 4.69) is 33.6 Å². The number of aromatic nitrogens is 2. The van der Waals surface area contributed by atoms with Crippen LogP contribution in [0.2, 0.25) is 0 Å². The van der Waals surface area contributed by atoms with Gasteiger partial charge in [0.15, 0.2) is 0 Å². The van der Waals surface area contributed by atoms with Crippen molar-refractivity contribution in [1.29, 1.82) is 0 Å². The standard InChI is InChI=1S/C16H26N4O.ClH/c1-12-4-7-19(10-15(12)20-8-6-17-11-20)16(21)14-3-5-18-13(2)9-14;/h6,8,11-15,18H,3-5,7,9-10H2,1-2H3;1H/t12?,13-,14-,15?;/m0./s1. The molecule has 6 heteroatoms. The van der Waals surface area contributed by atoms with Crippen molar-refractivity contribution in [2.24, 2.45) is 11.8 Å². The number of rotatable bonds is 2. The molecular weight excluding hydrogens is 300 g/mol. The van der Waals surface area contributed by atoms with E-state index in [0.717, 1.165) is 38.9 Å². The van der Waals surface area contributed by atoms with E-state index in [4.69, 9.17) is 0 Å². The predicted molar refractivity (Wildman–Crippen MR) is 89.1 cm³/mol. The molecule has 3 rings (SSSR count). The third kappa shape index (κ3) is 3.63. The Morgan fingerprint density at radius 1 is 1.32 bits per heavy atom. The number of hydrogen-bond acceptors (Lipinski definition) is 3.